The Hall–Kier alpha value is -2.39. The van der Waals surface area contributed by atoms with Gasteiger partial charge in [0.15, 0.2) is 0 Å². The molecule has 134 valence electrons. The first kappa shape index (κ1) is 17.0. The summed E-state index contributed by atoms with van der Waals surface area (Å²) in [6.07, 6.45) is 4.77. The third-order valence-corrected chi connectivity index (χ3v) is 5.60. The van der Waals surface area contributed by atoms with Crippen molar-refractivity contribution >= 4 is 17.7 Å². The number of carbonyl (C=O) groups is 1. The van der Waals surface area contributed by atoms with Crippen molar-refractivity contribution in [3.05, 3.63) is 70.8 Å². The van der Waals surface area contributed by atoms with Gasteiger partial charge in [-0.15, -0.1) is 0 Å². The van der Waals surface area contributed by atoms with Gasteiger partial charge >= 0.3 is 0 Å². The summed E-state index contributed by atoms with van der Waals surface area (Å²) in [6.45, 7) is 7.22. The summed E-state index contributed by atoms with van der Waals surface area (Å²) >= 11 is 0. The van der Waals surface area contributed by atoms with E-state index in [-0.39, 0.29) is 11.3 Å². The summed E-state index contributed by atoms with van der Waals surface area (Å²) < 4.78 is 0. The van der Waals surface area contributed by atoms with Crippen LogP contribution in [0.4, 0.5) is 5.69 Å². The highest BCUT2D eigenvalue weighted by molar-refractivity contribution is 6.05. The molecule has 0 N–H and O–H groups in total. The van der Waals surface area contributed by atoms with Crippen molar-refractivity contribution < 1.29 is 4.79 Å². The summed E-state index contributed by atoms with van der Waals surface area (Å²) in [5.74, 6) is 0.0536. The van der Waals surface area contributed by atoms with Crippen LogP contribution >= 0.6 is 0 Å². The largest absolute Gasteiger partial charge is 0.308 e. The molecule has 0 unspecified atom stereocenters. The molecule has 4 rings (SSSR count). The van der Waals surface area contributed by atoms with Crippen molar-refractivity contribution in [3.8, 4) is 0 Å². The topological polar surface area (TPSA) is 23.6 Å². The number of likely N-dealkylation sites (N-methyl/N-ethyl adjacent to an activating group) is 1. The molecule has 0 spiro atoms. The van der Waals surface area contributed by atoms with E-state index in [0.29, 0.717) is 0 Å². The van der Waals surface area contributed by atoms with Gasteiger partial charge in [-0.1, -0.05) is 50.2 Å². The molecule has 0 saturated heterocycles. The first-order valence-corrected chi connectivity index (χ1v) is 9.33. The summed E-state index contributed by atoms with van der Waals surface area (Å²) in [6, 6.07) is 14.8. The first-order valence-electron chi connectivity index (χ1n) is 9.33. The Kier molecular flexibility index (Phi) is 4.20. The molecule has 2 heterocycles. The monoisotopic (exact) mass is 346 g/mol. The SMILES string of the molecule is CN1CCc2ccc(C=CC(=O)N3CC(C)(C)c4ccccc43)cc2C1. The Morgan fingerprint density at radius 2 is 1.92 bits per heavy atom. The van der Waals surface area contributed by atoms with Crippen molar-refractivity contribution in [1.29, 1.82) is 0 Å². The zero-order chi connectivity index (χ0) is 18.3. The first-order chi connectivity index (χ1) is 12.4. The molecular weight excluding hydrogens is 320 g/mol. The van der Waals surface area contributed by atoms with E-state index < -0.39 is 0 Å². The highest BCUT2D eigenvalue weighted by Crippen LogP contribution is 2.40. The lowest BCUT2D eigenvalue weighted by Gasteiger charge is -2.25. The van der Waals surface area contributed by atoms with Crippen molar-refractivity contribution in [2.45, 2.75) is 32.2 Å². The highest BCUT2D eigenvalue weighted by Gasteiger charge is 2.36. The molecule has 2 aromatic rings. The van der Waals surface area contributed by atoms with E-state index in [1.807, 2.05) is 23.1 Å². The molecule has 0 aliphatic carbocycles. The predicted molar refractivity (Wildman–Crippen MR) is 107 cm³/mol. The van der Waals surface area contributed by atoms with Crippen molar-refractivity contribution in [3.63, 3.8) is 0 Å². The van der Waals surface area contributed by atoms with Crippen LogP contribution in [0, 0.1) is 0 Å². The van der Waals surface area contributed by atoms with Gasteiger partial charge in [-0.2, -0.15) is 0 Å². The second-order valence-corrected chi connectivity index (χ2v) is 8.17. The molecule has 0 fully saturated rings. The third-order valence-electron chi connectivity index (χ3n) is 5.60. The molecule has 3 nitrogen and oxygen atoms in total. The minimum atomic E-state index is -0.00347. The molecule has 2 aliphatic rings. The Morgan fingerprint density at radius 1 is 1.12 bits per heavy atom. The van der Waals surface area contributed by atoms with Crippen molar-refractivity contribution in [2.24, 2.45) is 0 Å². The van der Waals surface area contributed by atoms with Crippen LogP contribution in [0.25, 0.3) is 6.08 Å². The van der Waals surface area contributed by atoms with Crippen LogP contribution in [0.2, 0.25) is 0 Å². The van der Waals surface area contributed by atoms with E-state index in [0.717, 1.165) is 37.3 Å². The quantitative estimate of drug-likeness (QED) is 0.767. The fourth-order valence-corrected chi connectivity index (χ4v) is 4.12. The number of para-hydroxylation sites is 1. The summed E-state index contributed by atoms with van der Waals surface area (Å²) in [5.41, 5.74) is 6.19. The Balaban J connectivity index is 1.55. The number of nitrogens with zero attached hydrogens (tertiary/aromatic N) is 2. The van der Waals surface area contributed by atoms with Crippen molar-refractivity contribution in [1.82, 2.24) is 4.90 Å². The molecule has 3 heteroatoms. The summed E-state index contributed by atoms with van der Waals surface area (Å²) in [4.78, 5) is 17.1. The Bertz CT molecular complexity index is 882. The normalized spacial score (nSPS) is 18.8. The number of hydrogen-bond acceptors (Lipinski definition) is 2. The maximum Gasteiger partial charge on any atom is 0.251 e. The zero-order valence-corrected chi connectivity index (χ0v) is 15.8. The van der Waals surface area contributed by atoms with Crippen LogP contribution in [0.5, 0.6) is 0 Å². The van der Waals surface area contributed by atoms with E-state index in [2.05, 4.69) is 56.1 Å². The van der Waals surface area contributed by atoms with Crippen LogP contribution in [-0.2, 0) is 23.2 Å². The van der Waals surface area contributed by atoms with Gasteiger partial charge in [0.1, 0.15) is 0 Å². The molecule has 0 saturated carbocycles. The van der Waals surface area contributed by atoms with E-state index in [9.17, 15) is 4.79 Å². The molecule has 0 bridgehead atoms. The van der Waals surface area contributed by atoms with Crippen molar-refractivity contribution in [2.75, 3.05) is 25.0 Å². The van der Waals surface area contributed by atoms with Gasteiger partial charge in [0.25, 0.3) is 5.91 Å². The fourth-order valence-electron chi connectivity index (χ4n) is 4.12. The van der Waals surface area contributed by atoms with Crippen LogP contribution in [0.3, 0.4) is 0 Å². The lowest BCUT2D eigenvalue weighted by Crippen LogP contribution is -2.32. The number of rotatable bonds is 2. The number of hydrogen-bond donors (Lipinski definition) is 0. The van der Waals surface area contributed by atoms with Gasteiger partial charge in [0, 0.05) is 36.8 Å². The standard InChI is InChI=1S/C23H26N2O/c1-23(2)16-25(21-7-5-4-6-20(21)23)22(26)11-9-17-8-10-18-12-13-24(3)15-19(18)14-17/h4-11,14H,12-13,15-16H2,1-3H3. The van der Waals surface area contributed by atoms with Gasteiger partial charge < -0.3 is 9.80 Å². The van der Waals surface area contributed by atoms with Gasteiger partial charge in [-0.25, -0.2) is 0 Å². The van der Waals surface area contributed by atoms with Gasteiger partial charge in [-0.05, 0) is 47.9 Å². The average molecular weight is 346 g/mol. The number of fused-ring (bicyclic) bond motifs is 2. The molecule has 1 amide bonds. The van der Waals surface area contributed by atoms with Gasteiger partial charge in [0.05, 0.1) is 0 Å². The average Bonchev–Trinajstić information content (AvgIpc) is 2.91. The van der Waals surface area contributed by atoms with Crippen LogP contribution in [-0.4, -0.2) is 30.9 Å². The zero-order valence-electron chi connectivity index (χ0n) is 15.8. The van der Waals surface area contributed by atoms with E-state index in [1.54, 1.807) is 6.08 Å². The van der Waals surface area contributed by atoms with E-state index in [4.69, 9.17) is 0 Å². The number of carbonyl (C=O) groups excluding carboxylic acids is 1. The molecule has 0 atom stereocenters. The predicted octanol–water partition coefficient (Wildman–Crippen LogP) is 4.01. The van der Waals surface area contributed by atoms with E-state index >= 15 is 0 Å². The van der Waals surface area contributed by atoms with Gasteiger partial charge in [-0.3, -0.25) is 4.79 Å². The summed E-state index contributed by atoms with van der Waals surface area (Å²) in [7, 11) is 2.15. The number of amides is 1. The molecule has 0 radical (unpaired) electrons. The lowest BCUT2D eigenvalue weighted by molar-refractivity contribution is -0.114. The smallest absolute Gasteiger partial charge is 0.251 e. The maximum atomic E-state index is 12.8. The minimum absolute atomic E-state index is 0.00347. The van der Waals surface area contributed by atoms with Crippen LogP contribution < -0.4 is 4.90 Å². The third kappa shape index (κ3) is 3.08. The Morgan fingerprint density at radius 3 is 2.77 bits per heavy atom. The fraction of sp³-hybridized carbons (Fsp3) is 0.348. The van der Waals surface area contributed by atoms with E-state index in [1.165, 1.54) is 16.7 Å². The molecule has 0 aromatic heterocycles. The Labute approximate surface area is 155 Å². The molecule has 2 aromatic carbocycles. The highest BCUT2D eigenvalue weighted by atomic mass is 16.2. The number of benzene rings is 2. The molecule has 26 heavy (non-hydrogen) atoms. The minimum Gasteiger partial charge on any atom is -0.308 e. The van der Waals surface area contributed by atoms with Crippen LogP contribution in [0.1, 0.15) is 36.1 Å². The second-order valence-electron chi connectivity index (χ2n) is 8.17. The molecule has 2 aliphatic heterocycles. The summed E-state index contributed by atoms with van der Waals surface area (Å²) in [5, 5.41) is 0. The number of anilines is 1. The lowest BCUT2D eigenvalue weighted by atomic mass is 9.87. The van der Waals surface area contributed by atoms with Gasteiger partial charge in [0.2, 0.25) is 0 Å². The van der Waals surface area contributed by atoms with Crippen LogP contribution in [0.15, 0.2) is 48.5 Å². The molecular formula is C23H26N2O. The maximum absolute atomic E-state index is 12.8. The second kappa shape index (κ2) is 6.40.